The van der Waals surface area contributed by atoms with Crippen molar-refractivity contribution in [3.63, 3.8) is 0 Å². The summed E-state index contributed by atoms with van der Waals surface area (Å²) in [4.78, 5) is 15.7. The normalized spacial score (nSPS) is 9.73. The van der Waals surface area contributed by atoms with Crippen molar-refractivity contribution in [1.29, 1.82) is 0 Å². The van der Waals surface area contributed by atoms with Crippen molar-refractivity contribution in [2.45, 2.75) is 13.3 Å². The third-order valence-electron chi connectivity index (χ3n) is 1.81. The second kappa shape index (κ2) is 6.03. The summed E-state index contributed by atoms with van der Waals surface area (Å²) in [7, 11) is 1.41. The lowest BCUT2D eigenvalue weighted by molar-refractivity contribution is -0.130. The molecule has 0 radical (unpaired) electrons. The molecule has 0 spiro atoms. The number of carbonyl (C=O) groups is 1. The Hall–Kier alpha value is -1.55. The molecule has 0 aliphatic carbocycles. The van der Waals surface area contributed by atoms with Crippen LogP contribution in [0, 0.1) is 0 Å². The van der Waals surface area contributed by atoms with E-state index in [1.54, 1.807) is 0 Å². The quantitative estimate of drug-likeness (QED) is 0.744. The van der Waals surface area contributed by atoms with Gasteiger partial charge >= 0.3 is 0 Å². The summed E-state index contributed by atoms with van der Waals surface area (Å²) < 4.78 is 5.29. The average molecular weight is 209 g/mol. The molecule has 0 saturated carbocycles. The Bertz CT molecular complexity index is 308. The summed E-state index contributed by atoms with van der Waals surface area (Å²) in [5.41, 5.74) is 3.19. The Morgan fingerprint density at radius 3 is 2.53 bits per heavy atom. The third kappa shape index (κ3) is 3.99. The van der Waals surface area contributed by atoms with Gasteiger partial charge in [-0.1, -0.05) is 12.1 Å². The lowest BCUT2D eigenvalue weighted by atomic mass is 10.1. The van der Waals surface area contributed by atoms with Crippen molar-refractivity contribution in [2.24, 2.45) is 0 Å². The van der Waals surface area contributed by atoms with Crippen LogP contribution in [0.15, 0.2) is 24.3 Å². The van der Waals surface area contributed by atoms with E-state index in [-0.39, 0.29) is 5.91 Å². The number of amides is 1. The van der Waals surface area contributed by atoms with Gasteiger partial charge in [0.05, 0.1) is 20.1 Å². The van der Waals surface area contributed by atoms with Crippen LogP contribution < -0.4 is 10.2 Å². The second-order valence-corrected chi connectivity index (χ2v) is 2.98. The van der Waals surface area contributed by atoms with E-state index in [9.17, 15) is 4.79 Å². The van der Waals surface area contributed by atoms with Crippen molar-refractivity contribution >= 4 is 5.91 Å². The number of benzene rings is 1. The number of carbonyl (C=O) groups excluding carboxylic acids is 1. The maximum Gasteiger partial charge on any atom is 0.247 e. The number of ether oxygens (including phenoxy) is 1. The lowest BCUT2D eigenvalue weighted by Gasteiger charge is -2.04. The van der Waals surface area contributed by atoms with Gasteiger partial charge in [-0.2, -0.15) is 0 Å². The molecule has 1 aromatic rings. The van der Waals surface area contributed by atoms with Crippen LogP contribution in [0.4, 0.5) is 0 Å². The van der Waals surface area contributed by atoms with Gasteiger partial charge in [-0.05, 0) is 24.6 Å². The molecule has 0 atom stereocenters. The molecular formula is C11H15NO3. The summed E-state index contributed by atoms with van der Waals surface area (Å²) in [5.74, 6) is 0.648. The maximum absolute atomic E-state index is 11.2. The zero-order chi connectivity index (χ0) is 11.1. The molecule has 0 aliphatic heterocycles. The first-order valence-corrected chi connectivity index (χ1v) is 4.79. The minimum atomic E-state index is -0.165. The highest BCUT2D eigenvalue weighted by Gasteiger charge is 2.02. The Morgan fingerprint density at radius 2 is 2.00 bits per heavy atom. The van der Waals surface area contributed by atoms with Crippen molar-refractivity contribution in [1.82, 2.24) is 5.48 Å². The monoisotopic (exact) mass is 209 g/mol. The molecule has 1 aromatic carbocycles. The minimum Gasteiger partial charge on any atom is -0.494 e. The Labute approximate surface area is 89.1 Å². The van der Waals surface area contributed by atoms with Crippen LogP contribution in [-0.4, -0.2) is 19.6 Å². The third-order valence-corrected chi connectivity index (χ3v) is 1.81. The van der Waals surface area contributed by atoms with E-state index >= 15 is 0 Å². The lowest BCUT2D eigenvalue weighted by Crippen LogP contribution is -2.23. The fourth-order valence-corrected chi connectivity index (χ4v) is 1.21. The number of nitrogens with one attached hydrogen (secondary N) is 1. The van der Waals surface area contributed by atoms with Crippen molar-refractivity contribution in [2.75, 3.05) is 13.7 Å². The first-order chi connectivity index (χ1) is 7.26. The number of hydroxylamine groups is 1. The van der Waals surface area contributed by atoms with Gasteiger partial charge in [-0.3, -0.25) is 9.63 Å². The molecule has 0 fully saturated rings. The summed E-state index contributed by atoms with van der Waals surface area (Å²) in [6.45, 7) is 2.57. The van der Waals surface area contributed by atoms with Gasteiger partial charge in [0.1, 0.15) is 5.75 Å². The molecule has 1 amide bonds. The standard InChI is InChI=1S/C11H15NO3/c1-3-15-10-6-4-9(5-7-10)8-11(13)12-14-2/h4-7H,3,8H2,1-2H3,(H,12,13). The van der Waals surface area contributed by atoms with E-state index in [0.29, 0.717) is 13.0 Å². The summed E-state index contributed by atoms with van der Waals surface area (Å²) >= 11 is 0. The van der Waals surface area contributed by atoms with E-state index < -0.39 is 0 Å². The molecular weight excluding hydrogens is 194 g/mol. The Morgan fingerprint density at radius 1 is 1.33 bits per heavy atom. The van der Waals surface area contributed by atoms with Crippen LogP contribution in [0.25, 0.3) is 0 Å². The molecule has 1 rings (SSSR count). The summed E-state index contributed by atoms with van der Waals surface area (Å²) in [6, 6.07) is 7.41. The van der Waals surface area contributed by atoms with Gasteiger partial charge in [0, 0.05) is 0 Å². The zero-order valence-electron chi connectivity index (χ0n) is 8.95. The molecule has 0 bridgehead atoms. The molecule has 0 saturated heterocycles. The molecule has 82 valence electrons. The highest BCUT2D eigenvalue weighted by atomic mass is 16.6. The summed E-state index contributed by atoms with van der Waals surface area (Å²) in [5, 5.41) is 0. The van der Waals surface area contributed by atoms with Crippen molar-refractivity contribution < 1.29 is 14.4 Å². The highest BCUT2D eigenvalue weighted by Crippen LogP contribution is 2.12. The van der Waals surface area contributed by atoms with E-state index in [1.807, 2.05) is 31.2 Å². The van der Waals surface area contributed by atoms with Gasteiger partial charge in [0.15, 0.2) is 0 Å². The first-order valence-electron chi connectivity index (χ1n) is 4.79. The summed E-state index contributed by atoms with van der Waals surface area (Å²) in [6.07, 6.45) is 0.306. The van der Waals surface area contributed by atoms with Gasteiger partial charge in [-0.15, -0.1) is 0 Å². The fourth-order valence-electron chi connectivity index (χ4n) is 1.21. The highest BCUT2D eigenvalue weighted by molar-refractivity contribution is 5.77. The molecule has 0 aliphatic rings. The predicted molar refractivity (Wildman–Crippen MR) is 56.5 cm³/mol. The minimum absolute atomic E-state index is 0.165. The number of hydrogen-bond acceptors (Lipinski definition) is 3. The maximum atomic E-state index is 11.2. The van der Waals surface area contributed by atoms with Crippen LogP contribution in [0.1, 0.15) is 12.5 Å². The zero-order valence-corrected chi connectivity index (χ0v) is 8.95. The number of rotatable bonds is 5. The van der Waals surface area contributed by atoms with Crippen LogP contribution in [-0.2, 0) is 16.1 Å². The van der Waals surface area contributed by atoms with Crippen molar-refractivity contribution in [3.05, 3.63) is 29.8 Å². The van der Waals surface area contributed by atoms with Crippen molar-refractivity contribution in [3.8, 4) is 5.75 Å². The first kappa shape index (κ1) is 11.5. The van der Waals surface area contributed by atoms with Gasteiger partial charge in [0.2, 0.25) is 5.91 Å². The van der Waals surface area contributed by atoms with Crippen LogP contribution in [0.5, 0.6) is 5.75 Å². The molecule has 0 unspecified atom stereocenters. The van der Waals surface area contributed by atoms with Gasteiger partial charge in [-0.25, -0.2) is 5.48 Å². The SMILES string of the molecule is CCOc1ccc(CC(=O)NOC)cc1. The molecule has 15 heavy (non-hydrogen) atoms. The second-order valence-electron chi connectivity index (χ2n) is 2.98. The van der Waals surface area contributed by atoms with Crippen LogP contribution in [0.3, 0.4) is 0 Å². The predicted octanol–water partition coefficient (Wildman–Crippen LogP) is 1.31. The topological polar surface area (TPSA) is 47.6 Å². The van der Waals surface area contributed by atoms with E-state index in [2.05, 4.69) is 10.3 Å². The smallest absolute Gasteiger partial charge is 0.247 e. The Balaban J connectivity index is 2.52. The van der Waals surface area contributed by atoms with E-state index in [4.69, 9.17) is 4.74 Å². The average Bonchev–Trinajstić information content (AvgIpc) is 2.22. The van der Waals surface area contributed by atoms with Crippen LogP contribution >= 0.6 is 0 Å². The Kier molecular flexibility index (Phi) is 4.63. The largest absolute Gasteiger partial charge is 0.494 e. The van der Waals surface area contributed by atoms with Gasteiger partial charge < -0.3 is 4.74 Å². The number of hydrogen-bond donors (Lipinski definition) is 1. The fraction of sp³-hybridized carbons (Fsp3) is 0.364. The molecule has 0 heterocycles. The molecule has 4 heteroatoms. The van der Waals surface area contributed by atoms with Gasteiger partial charge in [0.25, 0.3) is 0 Å². The molecule has 4 nitrogen and oxygen atoms in total. The van der Waals surface area contributed by atoms with E-state index in [0.717, 1.165) is 11.3 Å². The van der Waals surface area contributed by atoms with E-state index in [1.165, 1.54) is 7.11 Å². The molecule has 0 aromatic heterocycles. The molecule has 1 N–H and O–H groups in total. The van der Waals surface area contributed by atoms with Crippen LogP contribution in [0.2, 0.25) is 0 Å².